The Morgan fingerprint density at radius 3 is 2.62 bits per heavy atom. The first kappa shape index (κ1) is 18.0. The number of imidazole rings is 1. The van der Waals surface area contributed by atoms with Gasteiger partial charge in [-0.15, -0.1) is 0 Å². The third-order valence-electron chi connectivity index (χ3n) is 4.13. The molecule has 2 N–H and O–H groups in total. The van der Waals surface area contributed by atoms with E-state index >= 15 is 0 Å². The molecule has 0 atom stereocenters. The highest BCUT2D eigenvalue weighted by atomic mass is 19.2. The zero-order valence-corrected chi connectivity index (χ0v) is 14.6. The molecule has 2 heterocycles. The van der Waals surface area contributed by atoms with Crippen molar-refractivity contribution in [3.05, 3.63) is 47.0 Å². The first-order chi connectivity index (χ1) is 12.4. The number of carbonyl (C=O) groups excluding carboxylic acids is 2. The standard InChI is InChI=1S/C18H20F2N4O2/c1-10(2)21-17(25)15-14-5-3-4-8-24(14)16(23-15)18(26)22-11-6-7-12(19)13(20)9-11/h6-7,9-10H,3-5,8H2,1-2H3,(H,21,25)(H,22,26). The molecule has 0 saturated carbocycles. The number of fused-ring (bicyclic) bond motifs is 1. The molecule has 1 aromatic heterocycles. The number of aromatic nitrogens is 2. The predicted octanol–water partition coefficient (Wildman–Crippen LogP) is 2.89. The fourth-order valence-electron chi connectivity index (χ4n) is 2.99. The molecular formula is C18H20F2N4O2. The van der Waals surface area contributed by atoms with E-state index in [1.807, 2.05) is 13.8 Å². The van der Waals surface area contributed by atoms with Crippen molar-refractivity contribution in [3.8, 4) is 0 Å². The van der Waals surface area contributed by atoms with E-state index in [4.69, 9.17) is 0 Å². The molecular weight excluding hydrogens is 342 g/mol. The number of carbonyl (C=O) groups is 2. The van der Waals surface area contributed by atoms with E-state index in [0.29, 0.717) is 13.0 Å². The average Bonchev–Trinajstić information content (AvgIpc) is 2.97. The molecule has 26 heavy (non-hydrogen) atoms. The fraction of sp³-hybridized carbons (Fsp3) is 0.389. The van der Waals surface area contributed by atoms with Crippen molar-refractivity contribution >= 4 is 17.5 Å². The monoisotopic (exact) mass is 362 g/mol. The van der Waals surface area contributed by atoms with Gasteiger partial charge in [0.1, 0.15) is 5.69 Å². The highest BCUT2D eigenvalue weighted by Crippen LogP contribution is 2.22. The first-order valence-electron chi connectivity index (χ1n) is 8.53. The van der Waals surface area contributed by atoms with Crippen molar-refractivity contribution in [2.24, 2.45) is 0 Å². The minimum absolute atomic E-state index is 0.0529. The normalized spacial score (nSPS) is 13.4. The largest absolute Gasteiger partial charge is 0.348 e. The van der Waals surface area contributed by atoms with Crippen LogP contribution in [0.1, 0.15) is 53.5 Å². The minimum Gasteiger partial charge on any atom is -0.348 e. The summed E-state index contributed by atoms with van der Waals surface area (Å²) < 4.78 is 28.1. The van der Waals surface area contributed by atoms with Crippen molar-refractivity contribution in [1.29, 1.82) is 0 Å². The Hall–Kier alpha value is -2.77. The number of anilines is 1. The molecule has 138 valence electrons. The van der Waals surface area contributed by atoms with E-state index in [1.165, 1.54) is 6.07 Å². The van der Waals surface area contributed by atoms with Gasteiger partial charge in [-0.05, 0) is 45.2 Å². The van der Waals surface area contributed by atoms with Gasteiger partial charge in [0.05, 0.1) is 5.69 Å². The molecule has 0 unspecified atom stereocenters. The van der Waals surface area contributed by atoms with Gasteiger partial charge in [-0.1, -0.05) is 0 Å². The maximum atomic E-state index is 13.3. The van der Waals surface area contributed by atoms with Crippen LogP contribution in [-0.4, -0.2) is 27.4 Å². The summed E-state index contributed by atoms with van der Waals surface area (Å²) >= 11 is 0. The van der Waals surface area contributed by atoms with E-state index in [0.717, 1.165) is 30.7 Å². The zero-order valence-electron chi connectivity index (χ0n) is 14.6. The van der Waals surface area contributed by atoms with Gasteiger partial charge in [-0.2, -0.15) is 0 Å². The summed E-state index contributed by atoms with van der Waals surface area (Å²) in [6.07, 6.45) is 2.45. The highest BCUT2D eigenvalue weighted by Gasteiger charge is 2.27. The maximum absolute atomic E-state index is 13.3. The third kappa shape index (κ3) is 3.58. The number of nitrogens with zero attached hydrogens (tertiary/aromatic N) is 2. The highest BCUT2D eigenvalue weighted by molar-refractivity contribution is 6.03. The summed E-state index contributed by atoms with van der Waals surface area (Å²) in [5, 5.41) is 5.30. The number of nitrogens with one attached hydrogen (secondary N) is 2. The van der Waals surface area contributed by atoms with Crippen LogP contribution in [0.3, 0.4) is 0 Å². The molecule has 0 spiro atoms. The smallest absolute Gasteiger partial charge is 0.291 e. The van der Waals surface area contributed by atoms with E-state index < -0.39 is 17.5 Å². The molecule has 8 heteroatoms. The molecule has 1 aromatic carbocycles. The summed E-state index contributed by atoms with van der Waals surface area (Å²) in [6, 6.07) is 3.05. The Balaban J connectivity index is 1.91. The van der Waals surface area contributed by atoms with E-state index in [1.54, 1.807) is 4.57 Å². The Kier molecular flexibility index (Phi) is 5.01. The predicted molar refractivity (Wildman–Crippen MR) is 92.1 cm³/mol. The summed E-state index contributed by atoms with van der Waals surface area (Å²) in [7, 11) is 0. The number of amides is 2. The fourth-order valence-corrected chi connectivity index (χ4v) is 2.99. The molecule has 0 bridgehead atoms. The Morgan fingerprint density at radius 2 is 1.92 bits per heavy atom. The molecule has 3 rings (SSSR count). The number of hydrogen-bond donors (Lipinski definition) is 2. The van der Waals surface area contributed by atoms with Crippen LogP contribution in [0.25, 0.3) is 0 Å². The quantitative estimate of drug-likeness (QED) is 0.878. The van der Waals surface area contributed by atoms with Gasteiger partial charge in [-0.3, -0.25) is 9.59 Å². The number of hydrogen-bond acceptors (Lipinski definition) is 3. The van der Waals surface area contributed by atoms with Crippen molar-refractivity contribution in [3.63, 3.8) is 0 Å². The Bertz CT molecular complexity index is 861. The van der Waals surface area contributed by atoms with Crippen LogP contribution < -0.4 is 10.6 Å². The van der Waals surface area contributed by atoms with Crippen molar-refractivity contribution in [1.82, 2.24) is 14.9 Å². The lowest BCUT2D eigenvalue weighted by Gasteiger charge is -2.17. The molecule has 0 radical (unpaired) electrons. The number of halogens is 2. The number of rotatable bonds is 4. The van der Waals surface area contributed by atoms with Gasteiger partial charge in [0.25, 0.3) is 11.8 Å². The van der Waals surface area contributed by atoms with Crippen molar-refractivity contribution < 1.29 is 18.4 Å². The van der Waals surface area contributed by atoms with E-state index in [-0.39, 0.29) is 29.2 Å². The second kappa shape index (κ2) is 7.23. The maximum Gasteiger partial charge on any atom is 0.291 e. The molecule has 0 fully saturated rings. The van der Waals surface area contributed by atoms with Crippen LogP contribution in [-0.2, 0) is 13.0 Å². The molecule has 1 aliphatic rings. The van der Waals surface area contributed by atoms with E-state index in [2.05, 4.69) is 15.6 Å². The SMILES string of the molecule is CC(C)NC(=O)c1nc(C(=O)Nc2ccc(F)c(F)c2)n2c1CCCC2. The summed E-state index contributed by atoms with van der Waals surface area (Å²) in [6.45, 7) is 4.27. The zero-order chi connectivity index (χ0) is 18.8. The van der Waals surface area contributed by atoms with Gasteiger partial charge >= 0.3 is 0 Å². The van der Waals surface area contributed by atoms with Gasteiger partial charge in [-0.25, -0.2) is 13.8 Å². The van der Waals surface area contributed by atoms with Gasteiger partial charge in [0.2, 0.25) is 0 Å². The second-order valence-corrected chi connectivity index (χ2v) is 6.55. The van der Waals surface area contributed by atoms with Gasteiger partial charge < -0.3 is 15.2 Å². The first-order valence-corrected chi connectivity index (χ1v) is 8.53. The van der Waals surface area contributed by atoms with Crippen LogP contribution in [0.2, 0.25) is 0 Å². The molecule has 6 nitrogen and oxygen atoms in total. The molecule has 0 saturated heterocycles. The van der Waals surface area contributed by atoms with Gasteiger partial charge in [0.15, 0.2) is 17.5 Å². The Labute approximate surface area is 149 Å². The topological polar surface area (TPSA) is 76.0 Å². The molecule has 0 aliphatic carbocycles. The Morgan fingerprint density at radius 1 is 1.15 bits per heavy atom. The molecule has 2 amide bonds. The molecule has 1 aliphatic heterocycles. The summed E-state index contributed by atoms with van der Waals surface area (Å²) in [4.78, 5) is 29.2. The van der Waals surface area contributed by atoms with Crippen LogP contribution in [0.5, 0.6) is 0 Å². The lowest BCUT2D eigenvalue weighted by atomic mass is 10.1. The lowest BCUT2D eigenvalue weighted by Crippen LogP contribution is -2.31. The summed E-state index contributed by atoms with van der Waals surface area (Å²) in [5.74, 6) is -2.84. The number of benzene rings is 1. The van der Waals surface area contributed by atoms with E-state index in [9.17, 15) is 18.4 Å². The third-order valence-corrected chi connectivity index (χ3v) is 4.13. The second-order valence-electron chi connectivity index (χ2n) is 6.55. The van der Waals surface area contributed by atoms with Crippen molar-refractivity contribution in [2.45, 2.75) is 45.7 Å². The van der Waals surface area contributed by atoms with Gasteiger partial charge in [0, 0.05) is 24.3 Å². The average molecular weight is 362 g/mol. The minimum atomic E-state index is -1.05. The van der Waals surface area contributed by atoms with Crippen LogP contribution in [0.15, 0.2) is 18.2 Å². The van der Waals surface area contributed by atoms with Crippen LogP contribution in [0.4, 0.5) is 14.5 Å². The lowest BCUT2D eigenvalue weighted by molar-refractivity contribution is 0.0937. The summed E-state index contributed by atoms with van der Waals surface area (Å²) in [5.41, 5.74) is 1.09. The molecule has 2 aromatic rings. The van der Waals surface area contributed by atoms with Crippen molar-refractivity contribution in [2.75, 3.05) is 5.32 Å². The van der Waals surface area contributed by atoms with Crippen LogP contribution >= 0.6 is 0 Å². The van der Waals surface area contributed by atoms with Crippen LogP contribution in [0, 0.1) is 11.6 Å².